The standard InChI is InChI=1S/C16H7ClN8S/c17-11-3-1-10(2-4-11)7-23-16(8-20,9-21)25-15-24-14(22)12(5-18)13(6-19)26-15/h1-4,7H,(H2,22,24,25)/b23-7+. The number of benzene rings is 1. The lowest BCUT2D eigenvalue weighted by Gasteiger charge is -2.07. The molecule has 0 spiro atoms. The molecular weight excluding hydrogens is 372 g/mol. The van der Waals surface area contributed by atoms with Gasteiger partial charge in [0.05, 0.1) is 0 Å². The van der Waals surface area contributed by atoms with E-state index in [1.807, 2.05) is 6.07 Å². The maximum atomic E-state index is 9.38. The molecule has 1 aromatic heterocycles. The number of aromatic nitrogens is 1. The fourth-order valence-electron chi connectivity index (χ4n) is 1.69. The number of anilines is 1. The van der Waals surface area contributed by atoms with Gasteiger partial charge in [-0.05, 0) is 17.7 Å². The predicted octanol–water partition coefficient (Wildman–Crippen LogP) is 1.89. The van der Waals surface area contributed by atoms with Gasteiger partial charge >= 0.3 is 5.66 Å². The fourth-order valence-corrected chi connectivity index (χ4v) is 2.62. The Morgan fingerprint density at radius 3 is 2.31 bits per heavy atom. The van der Waals surface area contributed by atoms with Crippen LogP contribution in [-0.2, 0) is 0 Å². The summed E-state index contributed by atoms with van der Waals surface area (Å²) in [4.78, 5) is 11.6. The molecule has 0 fully saturated rings. The summed E-state index contributed by atoms with van der Waals surface area (Å²) >= 11 is 6.53. The van der Waals surface area contributed by atoms with Crippen LogP contribution < -0.4 is 10.5 Å². The molecule has 0 saturated carbocycles. The highest BCUT2D eigenvalue weighted by molar-refractivity contribution is 7.09. The van der Waals surface area contributed by atoms with Crippen LogP contribution >= 0.6 is 22.9 Å². The Kier molecular flexibility index (Phi) is 5.63. The van der Waals surface area contributed by atoms with Crippen molar-refractivity contribution < 1.29 is 0 Å². The van der Waals surface area contributed by atoms with E-state index >= 15 is 0 Å². The van der Waals surface area contributed by atoms with Crippen molar-refractivity contribution in [3.63, 3.8) is 0 Å². The van der Waals surface area contributed by atoms with E-state index in [-0.39, 0.29) is 21.1 Å². The van der Waals surface area contributed by atoms with Gasteiger partial charge in [-0.15, -0.1) is 0 Å². The number of aliphatic imine (C=N–C) groups is 1. The predicted molar refractivity (Wildman–Crippen MR) is 94.5 cm³/mol. The summed E-state index contributed by atoms with van der Waals surface area (Å²) in [5, 5.41) is 37.4. The first-order valence-electron chi connectivity index (χ1n) is 6.77. The molecule has 1 heterocycles. The molecule has 8 nitrogen and oxygen atoms in total. The van der Waals surface area contributed by atoms with Crippen molar-refractivity contribution in [2.24, 2.45) is 9.98 Å². The van der Waals surface area contributed by atoms with Gasteiger partial charge in [-0.25, -0.2) is 9.98 Å². The lowest BCUT2D eigenvalue weighted by molar-refractivity contribution is 0.708. The van der Waals surface area contributed by atoms with E-state index in [1.165, 1.54) is 6.21 Å². The van der Waals surface area contributed by atoms with Crippen molar-refractivity contribution in [1.29, 1.82) is 21.0 Å². The normalized spacial score (nSPS) is 11.3. The Labute approximate surface area is 157 Å². The summed E-state index contributed by atoms with van der Waals surface area (Å²) in [6.07, 6.45) is 1.30. The minimum absolute atomic E-state index is 0.0230. The van der Waals surface area contributed by atoms with Crippen LogP contribution in [-0.4, -0.2) is 16.9 Å². The summed E-state index contributed by atoms with van der Waals surface area (Å²) in [6.45, 7) is 0. The van der Waals surface area contributed by atoms with Gasteiger partial charge in [0.1, 0.15) is 40.5 Å². The van der Waals surface area contributed by atoms with Gasteiger partial charge in [0.2, 0.25) is 4.80 Å². The van der Waals surface area contributed by atoms with Gasteiger partial charge in [-0.3, -0.25) is 0 Å². The average Bonchev–Trinajstić information content (AvgIpc) is 2.66. The lowest BCUT2D eigenvalue weighted by atomic mass is 10.2. The number of nitriles is 4. The van der Waals surface area contributed by atoms with Crippen LogP contribution in [0.25, 0.3) is 0 Å². The van der Waals surface area contributed by atoms with Gasteiger partial charge in [-0.2, -0.15) is 26.0 Å². The molecule has 1 aromatic carbocycles. The van der Waals surface area contributed by atoms with Crippen LogP contribution in [0.2, 0.25) is 5.02 Å². The molecule has 0 bridgehead atoms. The highest BCUT2D eigenvalue weighted by Crippen LogP contribution is 2.16. The van der Waals surface area contributed by atoms with Gasteiger partial charge < -0.3 is 5.73 Å². The highest BCUT2D eigenvalue weighted by Gasteiger charge is 2.28. The Balaban J connectivity index is 2.56. The molecule has 0 aliphatic heterocycles. The number of rotatable bonds is 3. The van der Waals surface area contributed by atoms with E-state index in [0.29, 0.717) is 10.6 Å². The number of hydrogen-bond donors (Lipinski definition) is 1. The number of nitrogens with two attached hydrogens (primary N) is 1. The largest absolute Gasteiger partial charge is 0.382 e. The summed E-state index contributed by atoms with van der Waals surface area (Å²) in [5.74, 6) is -0.215. The highest BCUT2D eigenvalue weighted by atomic mass is 35.5. The molecule has 10 heteroatoms. The molecule has 2 rings (SSSR count). The first-order valence-corrected chi connectivity index (χ1v) is 7.96. The van der Waals surface area contributed by atoms with E-state index < -0.39 is 5.66 Å². The molecule has 2 aromatic rings. The maximum Gasteiger partial charge on any atom is 0.328 e. The molecule has 0 atom stereocenters. The maximum absolute atomic E-state index is 9.38. The topological polar surface area (TPSA) is 159 Å². The van der Waals surface area contributed by atoms with E-state index in [1.54, 1.807) is 42.5 Å². The third-order valence-electron chi connectivity index (χ3n) is 2.95. The zero-order chi connectivity index (χ0) is 19.2. The van der Waals surface area contributed by atoms with Crippen molar-refractivity contribution in [3.05, 3.63) is 50.1 Å². The van der Waals surface area contributed by atoms with Gasteiger partial charge in [0, 0.05) is 11.2 Å². The Morgan fingerprint density at radius 1 is 1.12 bits per heavy atom. The number of halogens is 1. The third kappa shape index (κ3) is 4.01. The quantitative estimate of drug-likeness (QED) is 0.802. The van der Waals surface area contributed by atoms with Crippen LogP contribution in [0.15, 0.2) is 34.3 Å². The number of hydrogen-bond acceptors (Lipinski definition) is 9. The minimum atomic E-state index is -2.11. The van der Waals surface area contributed by atoms with Gasteiger partial charge in [0.25, 0.3) is 0 Å². The fraction of sp³-hybridized carbons (Fsp3) is 0.0625. The van der Waals surface area contributed by atoms with Crippen molar-refractivity contribution >= 4 is 35.0 Å². The SMILES string of the molecule is N#Cc1s/c(=N/C(C#N)(C#N)/N=C/c2ccc(Cl)cc2)nc(N)c1C#N. The first kappa shape index (κ1) is 18.6. The van der Waals surface area contributed by atoms with Gasteiger partial charge in [0.15, 0.2) is 0 Å². The van der Waals surface area contributed by atoms with Crippen molar-refractivity contribution in [2.75, 3.05) is 5.73 Å². The van der Waals surface area contributed by atoms with Crippen molar-refractivity contribution in [1.82, 2.24) is 4.98 Å². The third-order valence-corrected chi connectivity index (χ3v) is 4.06. The average molecular weight is 379 g/mol. The molecule has 0 saturated heterocycles. The molecule has 0 radical (unpaired) electrons. The van der Waals surface area contributed by atoms with E-state index in [0.717, 1.165) is 11.3 Å². The Hall–Kier alpha value is -3.76. The van der Waals surface area contributed by atoms with Gasteiger partial charge in [-0.1, -0.05) is 35.1 Å². The Bertz CT molecular complexity index is 1090. The van der Waals surface area contributed by atoms with Crippen molar-refractivity contribution in [3.8, 4) is 24.3 Å². The second-order valence-corrected chi connectivity index (χ2v) is 6.04. The molecule has 0 amide bonds. The van der Waals surface area contributed by atoms with Crippen LogP contribution in [0.5, 0.6) is 0 Å². The van der Waals surface area contributed by atoms with Crippen LogP contribution in [0.4, 0.5) is 5.82 Å². The van der Waals surface area contributed by atoms with Crippen LogP contribution in [0, 0.1) is 45.3 Å². The second-order valence-electron chi connectivity index (χ2n) is 4.63. The summed E-state index contributed by atoms with van der Waals surface area (Å²) in [7, 11) is 0. The summed E-state index contributed by atoms with van der Waals surface area (Å²) in [5.41, 5.74) is 4.04. The Morgan fingerprint density at radius 2 is 1.77 bits per heavy atom. The molecule has 2 N–H and O–H groups in total. The van der Waals surface area contributed by atoms with Crippen LogP contribution in [0.1, 0.15) is 16.0 Å². The first-order chi connectivity index (χ1) is 12.5. The summed E-state index contributed by atoms with van der Waals surface area (Å²) in [6, 6.07) is 13.6. The number of nitrogen functional groups attached to an aromatic ring is 1. The molecule has 0 unspecified atom stereocenters. The summed E-state index contributed by atoms with van der Waals surface area (Å²) < 4.78 is 0. The molecule has 0 aliphatic rings. The second kappa shape index (κ2) is 7.88. The minimum Gasteiger partial charge on any atom is -0.382 e. The molecule has 0 aliphatic carbocycles. The molecule has 26 heavy (non-hydrogen) atoms. The van der Waals surface area contributed by atoms with E-state index in [2.05, 4.69) is 15.0 Å². The smallest absolute Gasteiger partial charge is 0.328 e. The monoisotopic (exact) mass is 378 g/mol. The molecular formula is C16H7ClN8S. The molecule has 124 valence electrons. The van der Waals surface area contributed by atoms with E-state index in [4.69, 9.17) is 27.9 Å². The van der Waals surface area contributed by atoms with Crippen molar-refractivity contribution in [2.45, 2.75) is 5.66 Å². The number of nitrogens with zero attached hydrogens (tertiary/aromatic N) is 7. The lowest BCUT2D eigenvalue weighted by Crippen LogP contribution is -2.24. The van der Waals surface area contributed by atoms with Crippen LogP contribution in [0.3, 0.4) is 0 Å². The van der Waals surface area contributed by atoms with E-state index in [9.17, 15) is 10.5 Å². The zero-order valence-electron chi connectivity index (χ0n) is 12.9. The zero-order valence-corrected chi connectivity index (χ0v) is 14.5.